The first-order valence-corrected chi connectivity index (χ1v) is 7.05. The number of aromatic nitrogens is 1. The molecule has 0 atom stereocenters. The minimum Gasteiger partial charge on any atom is -0.366 e. The third-order valence-corrected chi connectivity index (χ3v) is 4.31. The van der Waals surface area contributed by atoms with Gasteiger partial charge in [0, 0.05) is 22.8 Å². The first-order chi connectivity index (χ1) is 8.53. The van der Waals surface area contributed by atoms with Gasteiger partial charge in [-0.15, -0.1) is 0 Å². The van der Waals surface area contributed by atoms with Crippen LogP contribution in [-0.2, 0) is 0 Å². The van der Waals surface area contributed by atoms with Crippen molar-refractivity contribution in [3.05, 3.63) is 22.6 Å². The van der Waals surface area contributed by atoms with Crippen molar-refractivity contribution in [3.63, 3.8) is 0 Å². The van der Waals surface area contributed by atoms with Crippen molar-refractivity contribution in [2.45, 2.75) is 31.2 Å². The predicted molar refractivity (Wildman–Crippen MR) is 75.3 cm³/mol. The molecule has 1 aromatic heterocycles. The molecule has 1 N–H and O–H groups in total. The quantitative estimate of drug-likeness (QED) is 0.924. The molecule has 0 bridgehead atoms. The molecule has 0 amide bonds. The summed E-state index contributed by atoms with van der Waals surface area (Å²) < 4.78 is 14.3. The molecule has 0 aromatic carbocycles. The van der Waals surface area contributed by atoms with Crippen LogP contribution in [0.1, 0.15) is 25.7 Å². The zero-order chi connectivity index (χ0) is 13.2. The molecule has 5 heteroatoms. The number of nitrogens with zero attached hydrogens (tertiary/aromatic N) is 2. The fourth-order valence-electron chi connectivity index (χ4n) is 2.61. The van der Waals surface area contributed by atoms with Crippen molar-refractivity contribution in [1.29, 1.82) is 0 Å². The number of likely N-dealkylation sites (N-methyl/N-ethyl adjacent to an activating group) is 1. The molecule has 0 aliphatic heterocycles. The van der Waals surface area contributed by atoms with E-state index in [1.54, 1.807) is 6.20 Å². The molecule has 3 nitrogen and oxygen atoms in total. The summed E-state index contributed by atoms with van der Waals surface area (Å²) in [5, 5.41) is 3.16. The summed E-state index contributed by atoms with van der Waals surface area (Å²) in [6.07, 6.45) is 6.42. The van der Waals surface area contributed by atoms with Gasteiger partial charge in [-0.25, -0.2) is 9.37 Å². The molecule has 1 saturated carbocycles. The summed E-state index contributed by atoms with van der Waals surface area (Å²) in [5.74, 6) is 0.0302. The molecule has 1 aliphatic carbocycles. The van der Waals surface area contributed by atoms with Crippen molar-refractivity contribution in [2.24, 2.45) is 0 Å². The molecular formula is C13H19BrFN3. The lowest BCUT2D eigenvalue weighted by Gasteiger charge is -2.36. The van der Waals surface area contributed by atoms with Crippen LogP contribution < -0.4 is 5.32 Å². The van der Waals surface area contributed by atoms with Crippen molar-refractivity contribution in [1.82, 2.24) is 9.88 Å². The van der Waals surface area contributed by atoms with Crippen LogP contribution in [0.15, 0.2) is 16.7 Å². The van der Waals surface area contributed by atoms with Gasteiger partial charge in [0.1, 0.15) is 0 Å². The number of rotatable bonds is 4. The Labute approximate surface area is 116 Å². The van der Waals surface area contributed by atoms with Crippen molar-refractivity contribution >= 4 is 21.7 Å². The Kier molecular flexibility index (Phi) is 4.22. The van der Waals surface area contributed by atoms with Crippen LogP contribution in [0.3, 0.4) is 0 Å². The summed E-state index contributed by atoms with van der Waals surface area (Å²) in [6.45, 7) is 0.742. The smallest absolute Gasteiger partial charge is 0.166 e. The maximum absolute atomic E-state index is 13.7. The molecule has 0 saturated heterocycles. The van der Waals surface area contributed by atoms with Crippen LogP contribution in [0.25, 0.3) is 0 Å². The number of hydrogen-bond acceptors (Lipinski definition) is 3. The number of halogens is 2. The Hall–Kier alpha value is -0.680. The lowest BCUT2D eigenvalue weighted by molar-refractivity contribution is 0.172. The number of nitrogens with one attached hydrogen (secondary N) is 1. The van der Waals surface area contributed by atoms with Crippen LogP contribution in [0.4, 0.5) is 10.2 Å². The maximum atomic E-state index is 13.7. The Morgan fingerprint density at radius 1 is 1.44 bits per heavy atom. The van der Waals surface area contributed by atoms with Crippen molar-refractivity contribution in [3.8, 4) is 0 Å². The Morgan fingerprint density at radius 2 is 2.11 bits per heavy atom. The zero-order valence-electron chi connectivity index (χ0n) is 10.8. The Balaban J connectivity index is 2.06. The largest absolute Gasteiger partial charge is 0.366 e. The normalized spacial score (nSPS) is 18.3. The molecule has 100 valence electrons. The van der Waals surface area contributed by atoms with Gasteiger partial charge < -0.3 is 10.2 Å². The van der Waals surface area contributed by atoms with Crippen LogP contribution >= 0.6 is 15.9 Å². The van der Waals surface area contributed by atoms with Crippen molar-refractivity contribution < 1.29 is 4.39 Å². The summed E-state index contributed by atoms with van der Waals surface area (Å²) in [4.78, 5) is 6.33. The SMILES string of the molecule is CN(C)C1(CNc2ncc(Br)cc2F)CCCC1. The Bertz CT molecular complexity index is 417. The van der Waals surface area contributed by atoms with E-state index < -0.39 is 0 Å². The average molecular weight is 316 g/mol. The molecule has 2 rings (SSSR count). The molecule has 0 spiro atoms. The molecule has 1 fully saturated rings. The first-order valence-electron chi connectivity index (χ1n) is 6.26. The summed E-state index contributed by atoms with van der Waals surface area (Å²) >= 11 is 3.21. The van der Waals surface area contributed by atoms with Crippen molar-refractivity contribution in [2.75, 3.05) is 26.0 Å². The summed E-state index contributed by atoms with van der Waals surface area (Å²) in [5.41, 5.74) is 0.140. The van der Waals surface area contributed by atoms with Crippen LogP contribution in [-0.4, -0.2) is 36.1 Å². The van der Waals surface area contributed by atoms with Gasteiger partial charge in [-0.3, -0.25) is 0 Å². The van der Waals surface area contributed by atoms with Gasteiger partial charge in [0.25, 0.3) is 0 Å². The summed E-state index contributed by atoms with van der Waals surface area (Å²) in [7, 11) is 4.19. The van der Waals surface area contributed by atoms with E-state index in [1.807, 2.05) is 0 Å². The van der Waals surface area contributed by atoms with Crippen LogP contribution in [0.2, 0.25) is 0 Å². The van der Waals surface area contributed by atoms with Gasteiger partial charge in [-0.05, 0) is 48.9 Å². The third kappa shape index (κ3) is 2.83. The highest BCUT2D eigenvalue weighted by atomic mass is 79.9. The molecule has 1 aliphatic rings. The Morgan fingerprint density at radius 3 is 2.67 bits per heavy atom. The lowest BCUT2D eigenvalue weighted by Crippen LogP contribution is -2.47. The predicted octanol–water partition coefficient (Wildman–Crippen LogP) is 3.27. The van der Waals surface area contributed by atoms with E-state index in [2.05, 4.69) is 45.2 Å². The van der Waals surface area contributed by atoms with E-state index in [4.69, 9.17) is 0 Å². The zero-order valence-corrected chi connectivity index (χ0v) is 12.4. The van der Waals surface area contributed by atoms with Gasteiger partial charge in [0.15, 0.2) is 11.6 Å². The molecule has 0 unspecified atom stereocenters. The van der Waals surface area contributed by atoms with E-state index in [-0.39, 0.29) is 11.4 Å². The molecular weight excluding hydrogens is 297 g/mol. The number of anilines is 1. The molecule has 18 heavy (non-hydrogen) atoms. The number of hydrogen-bond donors (Lipinski definition) is 1. The maximum Gasteiger partial charge on any atom is 0.166 e. The van der Waals surface area contributed by atoms with E-state index in [0.717, 1.165) is 19.4 Å². The monoisotopic (exact) mass is 315 g/mol. The lowest BCUT2D eigenvalue weighted by atomic mass is 9.96. The van der Waals surface area contributed by atoms with Gasteiger partial charge in [-0.2, -0.15) is 0 Å². The average Bonchev–Trinajstić information content (AvgIpc) is 2.78. The third-order valence-electron chi connectivity index (χ3n) is 3.88. The topological polar surface area (TPSA) is 28.2 Å². The van der Waals surface area contributed by atoms with E-state index in [1.165, 1.54) is 18.9 Å². The summed E-state index contributed by atoms with van der Waals surface area (Å²) in [6, 6.07) is 1.44. The second-order valence-corrected chi connectivity index (χ2v) is 6.08. The van der Waals surface area contributed by atoms with Gasteiger partial charge >= 0.3 is 0 Å². The van der Waals surface area contributed by atoms with Crippen LogP contribution in [0.5, 0.6) is 0 Å². The van der Waals surface area contributed by atoms with E-state index in [0.29, 0.717) is 10.3 Å². The first kappa shape index (κ1) is 13.7. The van der Waals surface area contributed by atoms with E-state index >= 15 is 0 Å². The minimum absolute atomic E-state index is 0.140. The second kappa shape index (κ2) is 5.53. The second-order valence-electron chi connectivity index (χ2n) is 5.16. The fourth-order valence-corrected chi connectivity index (χ4v) is 2.91. The van der Waals surface area contributed by atoms with Crippen LogP contribution in [0, 0.1) is 5.82 Å². The number of pyridine rings is 1. The molecule has 1 aromatic rings. The highest BCUT2D eigenvalue weighted by molar-refractivity contribution is 9.10. The fraction of sp³-hybridized carbons (Fsp3) is 0.615. The standard InChI is InChI=1S/C13H19BrFN3/c1-18(2)13(5-3-4-6-13)9-17-12-11(15)7-10(14)8-16-12/h7-8H,3-6,9H2,1-2H3,(H,16,17). The highest BCUT2D eigenvalue weighted by Crippen LogP contribution is 2.34. The van der Waals surface area contributed by atoms with Gasteiger partial charge in [0.05, 0.1) is 0 Å². The van der Waals surface area contributed by atoms with Gasteiger partial charge in [-0.1, -0.05) is 12.8 Å². The minimum atomic E-state index is -0.309. The van der Waals surface area contributed by atoms with Gasteiger partial charge in [0.2, 0.25) is 0 Å². The van der Waals surface area contributed by atoms with E-state index in [9.17, 15) is 4.39 Å². The molecule has 1 heterocycles. The highest BCUT2D eigenvalue weighted by Gasteiger charge is 2.35. The molecule has 0 radical (unpaired) electrons.